The van der Waals surface area contributed by atoms with Crippen LogP contribution >= 0.6 is 0 Å². The largest absolute Gasteiger partial charge is 0.479 e. The Morgan fingerprint density at radius 3 is 2.53 bits per heavy atom. The first-order valence-corrected chi connectivity index (χ1v) is 5.88. The fourth-order valence-corrected chi connectivity index (χ4v) is 1.58. The second kappa shape index (κ2) is 6.86. The lowest BCUT2D eigenvalue weighted by Crippen LogP contribution is -2.50. The van der Waals surface area contributed by atoms with Gasteiger partial charge >= 0.3 is 5.97 Å². The molecule has 1 rings (SSSR count). The Bertz CT molecular complexity index is 436. The fourth-order valence-electron chi connectivity index (χ4n) is 1.58. The molecule has 4 N–H and O–H groups in total. The van der Waals surface area contributed by atoms with Crippen molar-refractivity contribution in [1.29, 1.82) is 0 Å². The van der Waals surface area contributed by atoms with Crippen LogP contribution in [0.4, 0.5) is 0 Å². The number of hydrogen-bond donors (Lipinski definition) is 3. The molecule has 0 aliphatic carbocycles. The molecule has 6 heteroatoms. The van der Waals surface area contributed by atoms with E-state index in [1.807, 2.05) is 0 Å². The second-order valence-corrected chi connectivity index (χ2v) is 4.19. The number of nitrogens with one attached hydrogen (secondary N) is 1. The van der Waals surface area contributed by atoms with Gasteiger partial charge in [-0.25, -0.2) is 4.79 Å². The number of rotatable bonds is 7. The van der Waals surface area contributed by atoms with Crippen molar-refractivity contribution < 1.29 is 19.4 Å². The first-order chi connectivity index (χ1) is 9.00. The van der Waals surface area contributed by atoms with E-state index in [1.165, 1.54) is 6.92 Å². The molecule has 1 aromatic rings. The summed E-state index contributed by atoms with van der Waals surface area (Å²) in [5, 5.41) is 11.8. The summed E-state index contributed by atoms with van der Waals surface area (Å²) in [5.74, 6) is -1.63. The summed E-state index contributed by atoms with van der Waals surface area (Å²) in [4.78, 5) is 23.1. The predicted octanol–water partition coefficient (Wildman–Crippen LogP) is 0.0779. The van der Waals surface area contributed by atoms with Crippen molar-refractivity contribution >= 4 is 11.9 Å². The quantitative estimate of drug-likeness (QED) is 0.606. The lowest BCUT2D eigenvalue weighted by Gasteiger charge is -2.26. The zero-order valence-electron chi connectivity index (χ0n) is 10.8. The maximum Gasteiger partial charge on any atom is 0.333 e. The molecule has 0 aliphatic heterocycles. The average Bonchev–Trinajstić information content (AvgIpc) is 2.39. The van der Waals surface area contributed by atoms with Crippen LogP contribution in [0.1, 0.15) is 12.5 Å². The number of amides is 1. The van der Waals surface area contributed by atoms with E-state index in [-0.39, 0.29) is 13.2 Å². The van der Waals surface area contributed by atoms with Gasteiger partial charge in [0.05, 0.1) is 6.61 Å². The van der Waals surface area contributed by atoms with Crippen molar-refractivity contribution in [1.82, 2.24) is 5.32 Å². The highest BCUT2D eigenvalue weighted by Crippen LogP contribution is 2.20. The molecule has 0 spiro atoms. The van der Waals surface area contributed by atoms with Gasteiger partial charge in [0.2, 0.25) is 5.91 Å². The van der Waals surface area contributed by atoms with Crippen LogP contribution in [0, 0.1) is 0 Å². The minimum absolute atomic E-state index is 0.215. The Morgan fingerprint density at radius 2 is 2.00 bits per heavy atom. The third-order valence-electron chi connectivity index (χ3n) is 2.66. The summed E-state index contributed by atoms with van der Waals surface area (Å²) in [5.41, 5.74) is 4.24. The van der Waals surface area contributed by atoms with E-state index in [4.69, 9.17) is 10.5 Å². The number of carbonyl (C=O) groups is 2. The first-order valence-electron chi connectivity index (χ1n) is 5.88. The van der Waals surface area contributed by atoms with Crippen LogP contribution in [0.25, 0.3) is 0 Å². The maximum atomic E-state index is 11.7. The number of aliphatic carboxylic acids is 1. The number of hydrogen-bond acceptors (Lipinski definition) is 4. The van der Waals surface area contributed by atoms with Gasteiger partial charge in [-0.1, -0.05) is 30.3 Å². The zero-order chi connectivity index (χ0) is 14.3. The van der Waals surface area contributed by atoms with Gasteiger partial charge in [-0.3, -0.25) is 4.79 Å². The van der Waals surface area contributed by atoms with Crippen LogP contribution < -0.4 is 11.1 Å². The summed E-state index contributed by atoms with van der Waals surface area (Å²) in [7, 11) is 0. The van der Waals surface area contributed by atoms with Gasteiger partial charge in [0.1, 0.15) is 6.61 Å². The van der Waals surface area contributed by atoms with Gasteiger partial charge in [0.25, 0.3) is 0 Å². The van der Waals surface area contributed by atoms with Gasteiger partial charge in [-0.05, 0) is 12.5 Å². The van der Waals surface area contributed by atoms with Gasteiger partial charge < -0.3 is 20.9 Å². The van der Waals surface area contributed by atoms with Crippen LogP contribution in [-0.2, 0) is 19.9 Å². The molecular weight excluding hydrogens is 248 g/mol. The Balaban J connectivity index is 2.78. The van der Waals surface area contributed by atoms with E-state index in [9.17, 15) is 14.7 Å². The molecule has 0 radical (unpaired) electrons. The van der Waals surface area contributed by atoms with Crippen molar-refractivity contribution in [2.75, 3.05) is 19.8 Å². The van der Waals surface area contributed by atoms with Crippen LogP contribution in [-0.4, -0.2) is 36.7 Å². The highest BCUT2D eigenvalue weighted by molar-refractivity contribution is 5.88. The smallest absolute Gasteiger partial charge is 0.333 e. The summed E-state index contributed by atoms with van der Waals surface area (Å²) < 4.78 is 4.98. The Hall–Kier alpha value is -1.92. The van der Waals surface area contributed by atoms with E-state index >= 15 is 0 Å². The number of nitrogens with two attached hydrogens (primary N) is 1. The summed E-state index contributed by atoms with van der Waals surface area (Å²) in [6.45, 7) is 1.78. The molecule has 0 heterocycles. The van der Waals surface area contributed by atoms with Crippen LogP contribution in [0.5, 0.6) is 0 Å². The molecule has 0 fully saturated rings. The minimum Gasteiger partial charge on any atom is -0.479 e. The second-order valence-electron chi connectivity index (χ2n) is 4.19. The van der Waals surface area contributed by atoms with Crippen LogP contribution in [0.15, 0.2) is 30.3 Å². The number of ether oxygens (including phenoxy) is 1. The Morgan fingerprint density at radius 1 is 1.37 bits per heavy atom. The van der Waals surface area contributed by atoms with E-state index in [1.54, 1.807) is 30.3 Å². The normalized spacial score (nSPS) is 13.6. The summed E-state index contributed by atoms with van der Waals surface area (Å²) >= 11 is 0. The van der Waals surface area contributed by atoms with Gasteiger partial charge in [0, 0.05) is 6.54 Å². The molecule has 0 aliphatic rings. The molecule has 104 valence electrons. The molecule has 6 nitrogen and oxygen atoms in total. The molecule has 19 heavy (non-hydrogen) atoms. The fraction of sp³-hybridized carbons (Fsp3) is 0.385. The number of carbonyl (C=O) groups excluding carboxylic acids is 1. The van der Waals surface area contributed by atoms with Gasteiger partial charge in [0.15, 0.2) is 5.54 Å². The molecule has 1 atom stereocenters. The maximum absolute atomic E-state index is 11.7. The predicted molar refractivity (Wildman–Crippen MR) is 69.4 cm³/mol. The number of carboxylic acids is 1. The molecular formula is C13H18N2O4. The molecule has 0 saturated carbocycles. The summed E-state index contributed by atoms with van der Waals surface area (Å²) in [6, 6.07) is 8.50. The van der Waals surface area contributed by atoms with Crippen molar-refractivity contribution in [3.63, 3.8) is 0 Å². The van der Waals surface area contributed by atoms with Crippen molar-refractivity contribution in [2.45, 2.75) is 12.5 Å². The van der Waals surface area contributed by atoms with Gasteiger partial charge in [-0.15, -0.1) is 0 Å². The topological polar surface area (TPSA) is 102 Å². The Labute approximate surface area is 111 Å². The van der Waals surface area contributed by atoms with E-state index < -0.39 is 17.4 Å². The summed E-state index contributed by atoms with van der Waals surface area (Å²) in [6.07, 6.45) is 0. The van der Waals surface area contributed by atoms with E-state index in [0.717, 1.165) is 0 Å². The SMILES string of the molecule is CC(NC(=O)COCCN)(C(=O)O)c1ccccc1. The molecule has 0 bridgehead atoms. The molecule has 1 unspecified atom stereocenters. The molecule has 1 amide bonds. The zero-order valence-corrected chi connectivity index (χ0v) is 10.8. The van der Waals surface area contributed by atoms with Crippen LogP contribution in [0.3, 0.4) is 0 Å². The van der Waals surface area contributed by atoms with E-state index in [0.29, 0.717) is 12.1 Å². The monoisotopic (exact) mass is 266 g/mol. The van der Waals surface area contributed by atoms with Crippen LogP contribution in [0.2, 0.25) is 0 Å². The highest BCUT2D eigenvalue weighted by Gasteiger charge is 2.36. The third-order valence-corrected chi connectivity index (χ3v) is 2.66. The first kappa shape index (κ1) is 15.1. The van der Waals surface area contributed by atoms with Crippen molar-refractivity contribution in [2.24, 2.45) is 5.73 Å². The number of carboxylic acid groups (broad SMARTS) is 1. The molecule has 1 aromatic carbocycles. The van der Waals surface area contributed by atoms with Crippen molar-refractivity contribution in [3.8, 4) is 0 Å². The Kier molecular flexibility index (Phi) is 5.47. The minimum atomic E-state index is -1.48. The standard InChI is InChI=1S/C13H18N2O4/c1-13(12(17)18,10-5-3-2-4-6-10)15-11(16)9-19-8-7-14/h2-6H,7-9,14H2,1H3,(H,15,16)(H,17,18). The molecule has 0 saturated heterocycles. The lowest BCUT2D eigenvalue weighted by atomic mass is 9.92. The average molecular weight is 266 g/mol. The lowest BCUT2D eigenvalue weighted by molar-refractivity contribution is -0.148. The highest BCUT2D eigenvalue weighted by atomic mass is 16.5. The third kappa shape index (κ3) is 4.04. The number of benzene rings is 1. The van der Waals surface area contributed by atoms with Gasteiger partial charge in [-0.2, -0.15) is 0 Å². The molecule has 0 aromatic heterocycles. The van der Waals surface area contributed by atoms with E-state index in [2.05, 4.69) is 5.32 Å². The van der Waals surface area contributed by atoms with Crippen molar-refractivity contribution in [3.05, 3.63) is 35.9 Å².